The normalized spacial score (nSPS) is 11.8. The monoisotopic (exact) mass is 553 g/mol. The molecule has 4 aromatic rings. The predicted octanol–water partition coefficient (Wildman–Crippen LogP) is 6.73. The number of non-ortho nitro benzene ring substituents is 2. The van der Waals surface area contributed by atoms with Gasteiger partial charge < -0.3 is 4.90 Å². The summed E-state index contributed by atoms with van der Waals surface area (Å²) in [6.07, 6.45) is 0. The molecular weight excluding hydrogens is 516 g/mol. The zero-order chi connectivity index (χ0) is 29.8. The summed E-state index contributed by atoms with van der Waals surface area (Å²) in [6, 6.07) is 22.3. The van der Waals surface area contributed by atoms with Gasteiger partial charge in [0.1, 0.15) is 12.2 Å². The van der Waals surface area contributed by atoms with Crippen LogP contribution in [0.15, 0.2) is 72.8 Å². The number of nitro groups is 2. The Kier molecular flexibility index (Phi) is 8.83. The molecule has 0 saturated heterocycles. The number of nitro benzene ring substituents is 2. The molecule has 0 radical (unpaired) electrons. The van der Waals surface area contributed by atoms with Crippen molar-refractivity contribution in [3.05, 3.63) is 138 Å². The molecule has 0 saturated carbocycles. The van der Waals surface area contributed by atoms with Crippen molar-refractivity contribution in [2.24, 2.45) is 0 Å². The zero-order valence-electron chi connectivity index (χ0n) is 24.5. The van der Waals surface area contributed by atoms with Crippen molar-refractivity contribution in [2.75, 3.05) is 11.6 Å². The lowest BCUT2D eigenvalue weighted by atomic mass is 10.0. The molecule has 0 heterocycles. The van der Waals surface area contributed by atoms with E-state index in [1.54, 1.807) is 24.3 Å². The Balaban J connectivity index is 1.81. The third-order valence-corrected chi connectivity index (χ3v) is 7.45. The molecule has 0 aliphatic heterocycles. The van der Waals surface area contributed by atoms with Crippen LogP contribution < -0.4 is 9.80 Å². The highest BCUT2D eigenvalue weighted by Gasteiger charge is 2.25. The number of nitrogens with one attached hydrogen (secondary N) is 1. The highest BCUT2D eigenvalue weighted by molar-refractivity contribution is 5.60. The van der Waals surface area contributed by atoms with Crippen molar-refractivity contribution >= 4 is 22.7 Å². The molecule has 8 heteroatoms. The number of hydrogen-bond acceptors (Lipinski definition) is 5. The van der Waals surface area contributed by atoms with Gasteiger partial charge in [-0.15, -0.1) is 0 Å². The molecular formula is C33H37N4O4+. The first kappa shape index (κ1) is 29.4. The maximum atomic E-state index is 11.3. The molecule has 4 aromatic carbocycles. The van der Waals surface area contributed by atoms with Gasteiger partial charge in [0.25, 0.3) is 11.4 Å². The van der Waals surface area contributed by atoms with E-state index in [9.17, 15) is 20.2 Å². The highest BCUT2D eigenvalue weighted by Crippen LogP contribution is 2.28. The minimum Gasteiger partial charge on any atom is -0.320 e. The minimum absolute atomic E-state index is 0.0688. The van der Waals surface area contributed by atoms with Gasteiger partial charge in [0.05, 0.1) is 9.85 Å². The number of nitrogens with zero attached hydrogens (tertiary/aromatic N) is 3. The van der Waals surface area contributed by atoms with Crippen molar-refractivity contribution in [1.29, 1.82) is 0 Å². The Morgan fingerprint density at radius 1 is 0.634 bits per heavy atom. The maximum absolute atomic E-state index is 11.3. The van der Waals surface area contributed by atoms with Crippen LogP contribution in [0.1, 0.15) is 44.5 Å². The molecule has 1 unspecified atom stereocenters. The summed E-state index contributed by atoms with van der Waals surface area (Å²) in [5.41, 5.74) is 11.5. The van der Waals surface area contributed by atoms with E-state index in [0.29, 0.717) is 19.8 Å². The maximum Gasteiger partial charge on any atom is 0.269 e. The van der Waals surface area contributed by atoms with Gasteiger partial charge in [-0.05, 0) is 70.4 Å². The summed E-state index contributed by atoms with van der Waals surface area (Å²) < 4.78 is 0. The van der Waals surface area contributed by atoms with Crippen molar-refractivity contribution in [3.8, 4) is 0 Å². The lowest BCUT2D eigenvalue weighted by Crippen LogP contribution is -3.08. The van der Waals surface area contributed by atoms with Crippen molar-refractivity contribution in [3.63, 3.8) is 0 Å². The quantitative estimate of drug-likeness (QED) is 0.133. The molecule has 8 nitrogen and oxygen atoms in total. The van der Waals surface area contributed by atoms with E-state index >= 15 is 0 Å². The average molecular weight is 554 g/mol. The van der Waals surface area contributed by atoms with E-state index in [4.69, 9.17) is 0 Å². The molecule has 0 aliphatic rings. The van der Waals surface area contributed by atoms with Gasteiger partial charge in [-0.3, -0.25) is 25.1 Å². The Labute approximate surface area is 241 Å². The van der Waals surface area contributed by atoms with Gasteiger partial charge in [-0.25, -0.2) is 0 Å². The Morgan fingerprint density at radius 2 is 1.05 bits per heavy atom. The van der Waals surface area contributed by atoms with Crippen molar-refractivity contribution in [1.82, 2.24) is 0 Å². The Bertz CT molecular complexity index is 1420. The third kappa shape index (κ3) is 6.96. The lowest BCUT2D eigenvalue weighted by molar-refractivity contribution is -0.847. The average Bonchev–Trinajstić information content (AvgIpc) is 2.88. The molecule has 4 rings (SSSR count). The summed E-state index contributed by atoms with van der Waals surface area (Å²) in [6.45, 7) is 14.5. The molecule has 0 amide bonds. The number of aryl methyl sites for hydroxylation is 6. The Morgan fingerprint density at radius 3 is 1.49 bits per heavy atom. The Hall–Kier alpha value is -4.56. The van der Waals surface area contributed by atoms with Crippen LogP contribution in [0.5, 0.6) is 0 Å². The molecule has 212 valence electrons. The summed E-state index contributed by atoms with van der Waals surface area (Å²) in [5.74, 6) is 0. The van der Waals surface area contributed by atoms with E-state index in [-0.39, 0.29) is 21.2 Å². The smallest absolute Gasteiger partial charge is 0.269 e. The lowest BCUT2D eigenvalue weighted by Gasteiger charge is -2.33. The van der Waals surface area contributed by atoms with Crippen LogP contribution in [0, 0.1) is 61.8 Å². The van der Waals surface area contributed by atoms with Gasteiger partial charge in [0.15, 0.2) is 6.67 Å². The second-order valence-electron chi connectivity index (χ2n) is 11.0. The van der Waals surface area contributed by atoms with E-state index in [0.717, 1.165) is 27.9 Å². The largest absolute Gasteiger partial charge is 0.320 e. The van der Waals surface area contributed by atoms with E-state index in [1.165, 1.54) is 32.8 Å². The highest BCUT2D eigenvalue weighted by atomic mass is 16.6. The SMILES string of the molecule is Cc1cc(C)c(N(Cc2ccc([N+](=O)[O-])cc2)C[NH+](Cc2ccc([N+](=O)[O-])cc2)c2c(C)cc(C)cc2C)c(C)c1. The van der Waals surface area contributed by atoms with E-state index < -0.39 is 0 Å². The number of hydrogen-bond donors (Lipinski definition) is 1. The van der Waals surface area contributed by atoms with Crippen LogP contribution in [0.4, 0.5) is 22.7 Å². The van der Waals surface area contributed by atoms with Crippen LogP contribution in [0.2, 0.25) is 0 Å². The topological polar surface area (TPSA) is 94.0 Å². The molecule has 0 fully saturated rings. The fraction of sp³-hybridized carbons (Fsp3) is 0.273. The van der Waals surface area contributed by atoms with Crippen molar-refractivity contribution < 1.29 is 14.7 Å². The number of benzene rings is 4. The van der Waals surface area contributed by atoms with E-state index in [1.807, 2.05) is 24.3 Å². The number of rotatable bonds is 10. The third-order valence-electron chi connectivity index (χ3n) is 7.45. The zero-order valence-corrected chi connectivity index (χ0v) is 24.5. The fourth-order valence-corrected chi connectivity index (χ4v) is 6.00. The summed E-state index contributed by atoms with van der Waals surface area (Å²) in [4.78, 5) is 25.3. The van der Waals surface area contributed by atoms with Gasteiger partial charge >= 0.3 is 0 Å². The van der Waals surface area contributed by atoms with Gasteiger partial charge in [-0.2, -0.15) is 0 Å². The van der Waals surface area contributed by atoms with Gasteiger partial charge in [-0.1, -0.05) is 47.5 Å². The van der Waals surface area contributed by atoms with Crippen LogP contribution in [-0.4, -0.2) is 16.5 Å². The fourth-order valence-electron chi connectivity index (χ4n) is 6.00. The molecule has 41 heavy (non-hydrogen) atoms. The molecule has 0 spiro atoms. The van der Waals surface area contributed by atoms with Gasteiger partial charge in [0.2, 0.25) is 0 Å². The van der Waals surface area contributed by atoms with Crippen LogP contribution in [-0.2, 0) is 13.1 Å². The molecule has 1 N–H and O–H groups in total. The molecule has 0 bridgehead atoms. The van der Waals surface area contributed by atoms with Crippen molar-refractivity contribution in [2.45, 2.75) is 54.6 Å². The number of anilines is 1. The standard InChI is InChI=1S/C33H36N4O4/c1-22-15-24(3)32(25(4)16-22)34(19-28-7-11-30(12-8-28)36(38)39)21-35(33-26(5)17-23(2)18-27(33)6)20-29-9-13-31(14-10-29)37(40)41/h7-18H,19-21H2,1-6H3/p+1. The molecule has 0 aliphatic carbocycles. The first-order valence-corrected chi connectivity index (χ1v) is 13.6. The second-order valence-corrected chi connectivity index (χ2v) is 11.0. The first-order chi connectivity index (χ1) is 19.4. The summed E-state index contributed by atoms with van der Waals surface area (Å²) in [5, 5.41) is 22.5. The number of quaternary nitrogens is 1. The molecule has 1 atom stereocenters. The minimum atomic E-state index is -0.380. The van der Waals surface area contributed by atoms with E-state index in [2.05, 4.69) is 70.7 Å². The first-order valence-electron chi connectivity index (χ1n) is 13.6. The van der Waals surface area contributed by atoms with Crippen LogP contribution in [0.3, 0.4) is 0 Å². The summed E-state index contributed by atoms with van der Waals surface area (Å²) >= 11 is 0. The van der Waals surface area contributed by atoms with Crippen LogP contribution >= 0.6 is 0 Å². The molecule has 0 aromatic heterocycles. The van der Waals surface area contributed by atoms with Crippen LogP contribution in [0.25, 0.3) is 0 Å². The van der Waals surface area contributed by atoms with Gasteiger partial charge in [0, 0.05) is 53.2 Å². The second kappa shape index (κ2) is 12.3. The summed E-state index contributed by atoms with van der Waals surface area (Å²) in [7, 11) is 0. The predicted molar refractivity (Wildman–Crippen MR) is 163 cm³/mol.